The molecule has 1 N–H and O–H groups in total. The van der Waals surface area contributed by atoms with E-state index in [1.807, 2.05) is 24.3 Å². The number of nitrogens with one attached hydrogen (secondary N) is 1. The molecule has 0 aliphatic carbocycles. The van der Waals surface area contributed by atoms with Gasteiger partial charge in [0.15, 0.2) is 0 Å². The van der Waals surface area contributed by atoms with Crippen LogP contribution in [0.1, 0.15) is 26.5 Å². The molecule has 78 valence electrons. The van der Waals surface area contributed by atoms with Crippen LogP contribution >= 0.6 is 0 Å². The lowest BCUT2D eigenvalue weighted by Crippen LogP contribution is -2.21. The van der Waals surface area contributed by atoms with Crippen LogP contribution in [0.3, 0.4) is 0 Å². The second kappa shape index (κ2) is 3.19. The number of H-pyrrole nitrogens is 1. The molecule has 1 heterocycles. The first kappa shape index (κ1) is 9.90. The topological polar surface area (TPSA) is 45.8 Å². The Hall–Kier alpha value is -1.64. The van der Waals surface area contributed by atoms with E-state index in [0.717, 1.165) is 16.6 Å². The van der Waals surface area contributed by atoms with E-state index in [1.54, 1.807) is 0 Å². The maximum atomic E-state index is 11.4. The molecule has 2 aromatic rings. The fourth-order valence-corrected chi connectivity index (χ4v) is 1.69. The Bertz CT molecular complexity index is 549. The maximum Gasteiger partial charge on any atom is 0.345 e. The molecule has 2 rings (SSSR count). The second-order valence-corrected chi connectivity index (χ2v) is 4.68. The second-order valence-electron chi connectivity index (χ2n) is 4.68. The van der Waals surface area contributed by atoms with Crippen LogP contribution in [-0.4, -0.2) is 9.97 Å². The van der Waals surface area contributed by atoms with Crippen molar-refractivity contribution >= 4 is 10.9 Å². The number of benzene rings is 1. The van der Waals surface area contributed by atoms with Crippen molar-refractivity contribution < 1.29 is 0 Å². The number of hydrogen-bond acceptors (Lipinski definition) is 2. The van der Waals surface area contributed by atoms with Gasteiger partial charge in [0.2, 0.25) is 0 Å². The molecule has 0 unspecified atom stereocenters. The molecular formula is C12H14N2O. The summed E-state index contributed by atoms with van der Waals surface area (Å²) in [6.45, 7) is 6.22. The largest absolute Gasteiger partial charge is 0.345 e. The minimum atomic E-state index is -0.279. The van der Waals surface area contributed by atoms with Gasteiger partial charge in [-0.25, -0.2) is 4.79 Å². The van der Waals surface area contributed by atoms with Gasteiger partial charge in [-0.05, 0) is 6.07 Å². The molecule has 3 nitrogen and oxygen atoms in total. The minimum Gasteiger partial charge on any atom is -0.309 e. The summed E-state index contributed by atoms with van der Waals surface area (Å²) in [5.74, 6) is 0. The zero-order chi connectivity index (χ0) is 11.1. The molecule has 1 aromatic carbocycles. The smallest absolute Gasteiger partial charge is 0.309 e. The highest BCUT2D eigenvalue weighted by atomic mass is 16.1. The third kappa shape index (κ3) is 1.77. The van der Waals surface area contributed by atoms with Crippen LogP contribution in [0.25, 0.3) is 10.9 Å². The Morgan fingerprint density at radius 3 is 2.53 bits per heavy atom. The molecule has 0 bridgehead atoms. The standard InChI is InChI=1S/C12H14N2O/c1-12(2,3)10-8-6-4-5-7-9(8)13-11(15)14-10/h4-7H,1-3H3,(H,13,14,15). The van der Waals surface area contributed by atoms with E-state index in [4.69, 9.17) is 0 Å². The molecular weight excluding hydrogens is 188 g/mol. The fourth-order valence-electron chi connectivity index (χ4n) is 1.69. The van der Waals surface area contributed by atoms with Crippen molar-refractivity contribution in [2.75, 3.05) is 0 Å². The molecule has 0 radical (unpaired) electrons. The average molecular weight is 202 g/mol. The maximum absolute atomic E-state index is 11.4. The van der Waals surface area contributed by atoms with Gasteiger partial charge in [-0.3, -0.25) is 0 Å². The summed E-state index contributed by atoms with van der Waals surface area (Å²) in [5, 5.41) is 1.02. The molecule has 0 saturated heterocycles. The van der Waals surface area contributed by atoms with E-state index in [-0.39, 0.29) is 11.1 Å². The summed E-state index contributed by atoms with van der Waals surface area (Å²) >= 11 is 0. The third-order valence-electron chi connectivity index (χ3n) is 2.38. The predicted octanol–water partition coefficient (Wildman–Crippen LogP) is 2.22. The number of aromatic amines is 1. The summed E-state index contributed by atoms with van der Waals surface area (Å²) in [6.07, 6.45) is 0. The number of rotatable bonds is 0. The van der Waals surface area contributed by atoms with Crippen molar-refractivity contribution in [3.63, 3.8) is 0 Å². The van der Waals surface area contributed by atoms with E-state index in [1.165, 1.54) is 0 Å². The van der Waals surface area contributed by atoms with Gasteiger partial charge in [-0.15, -0.1) is 0 Å². The molecule has 0 saturated carbocycles. The molecule has 15 heavy (non-hydrogen) atoms. The quantitative estimate of drug-likeness (QED) is 0.712. The molecule has 0 aliphatic rings. The summed E-state index contributed by atoms with van der Waals surface area (Å²) in [5.41, 5.74) is 1.34. The number of nitrogens with zero attached hydrogens (tertiary/aromatic N) is 1. The fraction of sp³-hybridized carbons (Fsp3) is 0.333. The monoisotopic (exact) mass is 202 g/mol. The normalized spacial score (nSPS) is 11.9. The zero-order valence-electron chi connectivity index (χ0n) is 9.16. The SMILES string of the molecule is CC(C)(C)c1[nH]c(=O)nc2ccccc12. The van der Waals surface area contributed by atoms with E-state index < -0.39 is 0 Å². The number of para-hydroxylation sites is 1. The summed E-state index contributed by atoms with van der Waals surface area (Å²) < 4.78 is 0. The van der Waals surface area contributed by atoms with Gasteiger partial charge < -0.3 is 4.98 Å². The Labute approximate surface area is 88.2 Å². The minimum absolute atomic E-state index is 0.0816. The van der Waals surface area contributed by atoms with Crippen molar-refractivity contribution in [3.05, 3.63) is 40.4 Å². The zero-order valence-corrected chi connectivity index (χ0v) is 9.16. The van der Waals surface area contributed by atoms with Crippen LogP contribution in [0.5, 0.6) is 0 Å². The average Bonchev–Trinajstić information content (AvgIpc) is 2.15. The van der Waals surface area contributed by atoms with Gasteiger partial charge in [0.05, 0.1) is 5.52 Å². The van der Waals surface area contributed by atoms with Gasteiger partial charge in [0.25, 0.3) is 0 Å². The van der Waals surface area contributed by atoms with E-state index >= 15 is 0 Å². The molecule has 3 heteroatoms. The number of fused-ring (bicyclic) bond motifs is 1. The van der Waals surface area contributed by atoms with Crippen LogP contribution < -0.4 is 5.69 Å². The molecule has 0 aliphatic heterocycles. The summed E-state index contributed by atoms with van der Waals surface area (Å²) in [7, 11) is 0. The Morgan fingerprint density at radius 1 is 1.20 bits per heavy atom. The molecule has 0 fully saturated rings. The van der Waals surface area contributed by atoms with Gasteiger partial charge in [-0.2, -0.15) is 4.98 Å². The first-order valence-electron chi connectivity index (χ1n) is 4.98. The molecule has 0 spiro atoms. The van der Waals surface area contributed by atoms with Gasteiger partial charge in [0, 0.05) is 16.5 Å². The summed E-state index contributed by atoms with van der Waals surface area (Å²) in [4.78, 5) is 18.1. The van der Waals surface area contributed by atoms with E-state index in [9.17, 15) is 4.79 Å². The van der Waals surface area contributed by atoms with Crippen LogP contribution in [0, 0.1) is 0 Å². The van der Waals surface area contributed by atoms with Gasteiger partial charge in [0.1, 0.15) is 0 Å². The Morgan fingerprint density at radius 2 is 1.87 bits per heavy atom. The molecule has 0 amide bonds. The number of hydrogen-bond donors (Lipinski definition) is 1. The first-order chi connectivity index (χ1) is 6.98. The lowest BCUT2D eigenvalue weighted by molar-refractivity contribution is 0.571. The van der Waals surface area contributed by atoms with Crippen molar-refractivity contribution in [1.82, 2.24) is 9.97 Å². The van der Waals surface area contributed by atoms with Crippen molar-refractivity contribution in [2.45, 2.75) is 26.2 Å². The lowest BCUT2D eigenvalue weighted by Gasteiger charge is -2.19. The van der Waals surface area contributed by atoms with Crippen molar-refractivity contribution in [2.24, 2.45) is 0 Å². The van der Waals surface area contributed by atoms with Crippen LogP contribution in [0.2, 0.25) is 0 Å². The third-order valence-corrected chi connectivity index (χ3v) is 2.38. The first-order valence-corrected chi connectivity index (χ1v) is 4.98. The summed E-state index contributed by atoms with van der Waals surface area (Å²) in [6, 6.07) is 7.69. The van der Waals surface area contributed by atoms with Crippen LogP contribution in [0.15, 0.2) is 29.1 Å². The van der Waals surface area contributed by atoms with Gasteiger partial charge in [-0.1, -0.05) is 39.0 Å². The van der Waals surface area contributed by atoms with Gasteiger partial charge >= 0.3 is 5.69 Å². The Balaban J connectivity index is 2.89. The highest BCUT2D eigenvalue weighted by Gasteiger charge is 2.18. The van der Waals surface area contributed by atoms with Crippen molar-refractivity contribution in [1.29, 1.82) is 0 Å². The van der Waals surface area contributed by atoms with E-state index in [2.05, 4.69) is 30.7 Å². The van der Waals surface area contributed by atoms with Crippen molar-refractivity contribution in [3.8, 4) is 0 Å². The van der Waals surface area contributed by atoms with E-state index in [0.29, 0.717) is 0 Å². The molecule has 0 atom stereocenters. The number of aromatic nitrogens is 2. The highest BCUT2D eigenvalue weighted by Crippen LogP contribution is 2.25. The van der Waals surface area contributed by atoms with Crippen LogP contribution in [-0.2, 0) is 5.41 Å². The lowest BCUT2D eigenvalue weighted by atomic mass is 9.89. The molecule has 1 aromatic heterocycles. The van der Waals surface area contributed by atoms with Crippen LogP contribution in [0.4, 0.5) is 0 Å². The Kier molecular flexibility index (Phi) is 2.11. The highest BCUT2D eigenvalue weighted by molar-refractivity contribution is 5.81. The predicted molar refractivity (Wildman–Crippen MR) is 61.1 cm³/mol.